The van der Waals surface area contributed by atoms with Gasteiger partial charge in [0.15, 0.2) is 0 Å². The summed E-state index contributed by atoms with van der Waals surface area (Å²) in [6, 6.07) is 0. The summed E-state index contributed by atoms with van der Waals surface area (Å²) in [5.41, 5.74) is 0. The van der Waals surface area contributed by atoms with E-state index >= 15 is 0 Å². The van der Waals surface area contributed by atoms with E-state index in [-0.39, 0.29) is 13.2 Å². The minimum absolute atomic E-state index is 0.101. The molecule has 0 radical (unpaired) electrons. The topological polar surface area (TPSA) is 79.2 Å². The Kier molecular flexibility index (Phi) is 9.39. The van der Waals surface area contributed by atoms with Gasteiger partial charge in [0.1, 0.15) is 24.4 Å². The molecule has 1 heterocycles. The molecule has 0 aromatic heterocycles. The minimum Gasteiger partial charge on any atom is -0.394 e. The fourth-order valence-corrected chi connectivity index (χ4v) is 2.50. The number of hydrogen-bond donors (Lipinski definition) is 3. The SMILES string of the molecule is CCCCCCCCCO[C@@H]1[C@@H](O)[C@H](CO)OC[C@H]1O. The molecular weight excluding hydrogens is 260 g/mol. The van der Waals surface area contributed by atoms with Crippen molar-refractivity contribution in [3.63, 3.8) is 0 Å². The van der Waals surface area contributed by atoms with E-state index in [1.165, 1.54) is 32.1 Å². The summed E-state index contributed by atoms with van der Waals surface area (Å²) < 4.78 is 10.7. The van der Waals surface area contributed by atoms with E-state index in [1.807, 2.05) is 0 Å². The molecule has 5 heteroatoms. The van der Waals surface area contributed by atoms with Crippen LogP contribution in [0, 0.1) is 0 Å². The Bertz CT molecular complexity index is 236. The third kappa shape index (κ3) is 6.06. The molecule has 0 bridgehead atoms. The first-order chi connectivity index (χ1) is 9.70. The molecule has 4 atom stereocenters. The van der Waals surface area contributed by atoms with Crippen LogP contribution < -0.4 is 0 Å². The lowest BCUT2D eigenvalue weighted by Gasteiger charge is -2.37. The van der Waals surface area contributed by atoms with Gasteiger partial charge in [-0.3, -0.25) is 0 Å². The van der Waals surface area contributed by atoms with E-state index in [0.29, 0.717) is 6.61 Å². The molecule has 0 spiro atoms. The molecule has 3 N–H and O–H groups in total. The highest BCUT2D eigenvalue weighted by Gasteiger charge is 2.38. The highest BCUT2D eigenvalue weighted by molar-refractivity contribution is 4.87. The molecule has 1 rings (SSSR count). The van der Waals surface area contributed by atoms with Gasteiger partial charge in [-0.1, -0.05) is 45.4 Å². The number of unbranched alkanes of at least 4 members (excludes halogenated alkanes) is 6. The third-order valence-electron chi connectivity index (χ3n) is 3.82. The predicted molar refractivity (Wildman–Crippen MR) is 76.6 cm³/mol. The number of aliphatic hydroxyl groups excluding tert-OH is 3. The van der Waals surface area contributed by atoms with Gasteiger partial charge in [0.25, 0.3) is 0 Å². The molecule has 0 aromatic carbocycles. The molecule has 5 nitrogen and oxygen atoms in total. The second-order valence-corrected chi connectivity index (χ2v) is 5.57. The maximum absolute atomic E-state index is 9.93. The van der Waals surface area contributed by atoms with Crippen molar-refractivity contribution in [2.45, 2.75) is 76.3 Å². The summed E-state index contributed by atoms with van der Waals surface area (Å²) in [5, 5.41) is 28.7. The van der Waals surface area contributed by atoms with Gasteiger partial charge < -0.3 is 24.8 Å². The van der Waals surface area contributed by atoms with Crippen molar-refractivity contribution in [3.8, 4) is 0 Å². The highest BCUT2D eigenvalue weighted by atomic mass is 16.6. The molecule has 0 amide bonds. The van der Waals surface area contributed by atoms with E-state index in [2.05, 4.69) is 6.92 Å². The average Bonchev–Trinajstić information content (AvgIpc) is 2.45. The van der Waals surface area contributed by atoms with Gasteiger partial charge in [0, 0.05) is 6.61 Å². The van der Waals surface area contributed by atoms with Gasteiger partial charge in [-0.25, -0.2) is 0 Å². The van der Waals surface area contributed by atoms with E-state index in [1.54, 1.807) is 0 Å². The third-order valence-corrected chi connectivity index (χ3v) is 3.82. The lowest BCUT2D eigenvalue weighted by molar-refractivity contribution is -0.210. The first kappa shape index (κ1) is 17.9. The van der Waals surface area contributed by atoms with Crippen LogP contribution in [0.4, 0.5) is 0 Å². The first-order valence-corrected chi connectivity index (χ1v) is 7.90. The monoisotopic (exact) mass is 290 g/mol. The molecule has 0 saturated carbocycles. The smallest absolute Gasteiger partial charge is 0.114 e. The van der Waals surface area contributed by atoms with Crippen molar-refractivity contribution >= 4 is 0 Å². The number of ether oxygens (including phenoxy) is 2. The van der Waals surface area contributed by atoms with Crippen molar-refractivity contribution in [1.82, 2.24) is 0 Å². The van der Waals surface area contributed by atoms with Crippen LogP contribution in [0.1, 0.15) is 51.9 Å². The molecule has 120 valence electrons. The van der Waals surface area contributed by atoms with Crippen LogP contribution in [0.15, 0.2) is 0 Å². The fourth-order valence-electron chi connectivity index (χ4n) is 2.50. The average molecular weight is 290 g/mol. The molecular formula is C15H30O5. The van der Waals surface area contributed by atoms with Gasteiger partial charge in [-0.05, 0) is 6.42 Å². The van der Waals surface area contributed by atoms with Gasteiger partial charge >= 0.3 is 0 Å². The molecule has 1 aliphatic rings. The van der Waals surface area contributed by atoms with Crippen LogP contribution in [0.2, 0.25) is 0 Å². The summed E-state index contributed by atoms with van der Waals surface area (Å²) >= 11 is 0. The largest absolute Gasteiger partial charge is 0.394 e. The summed E-state index contributed by atoms with van der Waals surface area (Å²) in [6.45, 7) is 2.58. The number of rotatable bonds is 10. The van der Waals surface area contributed by atoms with E-state index in [4.69, 9.17) is 14.6 Å². The van der Waals surface area contributed by atoms with Crippen molar-refractivity contribution in [2.75, 3.05) is 19.8 Å². The zero-order valence-electron chi connectivity index (χ0n) is 12.5. The maximum atomic E-state index is 9.93. The first-order valence-electron chi connectivity index (χ1n) is 7.90. The molecule has 20 heavy (non-hydrogen) atoms. The predicted octanol–water partition coefficient (Wildman–Crippen LogP) is 1.24. The van der Waals surface area contributed by atoms with Gasteiger partial charge in [0.05, 0.1) is 13.2 Å². The second kappa shape index (κ2) is 10.5. The van der Waals surface area contributed by atoms with Crippen molar-refractivity contribution in [3.05, 3.63) is 0 Å². The Hall–Kier alpha value is -0.200. The van der Waals surface area contributed by atoms with Crippen LogP contribution in [0.5, 0.6) is 0 Å². The summed E-state index contributed by atoms with van der Waals surface area (Å²) in [4.78, 5) is 0. The molecule has 0 aliphatic carbocycles. The van der Waals surface area contributed by atoms with Gasteiger partial charge in [-0.15, -0.1) is 0 Å². The van der Waals surface area contributed by atoms with Crippen LogP contribution in [-0.4, -0.2) is 59.6 Å². The number of aliphatic hydroxyl groups is 3. The van der Waals surface area contributed by atoms with E-state index < -0.39 is 24.4 Å². The van der Waals surface area contributed by atoms with Crippen LogP contribution in [0.25, 0.3) is 0 Å². The van der Waals surface area contributed by atoms with Crippen molar-refractivity contribution in [2.24, 2.45) is 0 Å². The normalized spacial score (nSPS) is 30.6. The fraction of sp³-hybridized carbons (Fsp3) is 1.00. The lowest BCUT2D eigenvalue weighted by Crippen LogP contribution is -2.55. The van der Waals surface area contributed by atoms with E-state index in [9.17, 15) is 10.2 Å². The highest BCUT2D eigenvalue weighted by Crippen LogP contribution is 2.19. The Morgan fingerprint density at radius 1 is 1.05 bits per heavy atom. The van der Waals surface area contributed by atoms with Gasteiger partial charge in [-0.2, -0.15) is 0 Å². The van der Waals surface area contributed by atoms with Crippen molar-refractivity contribution < 1.29 is 24.8 Å². The van der Waals surface area contributed by atoms with Crippen LogP contribution in [0.3, 0.4) is 0 Å². The number of hydrogen-bond acceptors (Lipinski definition) is 5. The molecule has 1 saturated heterocycles. The maximum Gasteiger partial charge on any atom is 0.114 e. The Balaban J connectivity index is 2.10. The Morgan fingerprint density at radius 2 is 1.70 bits per heavy atom. The Morgan fingerprint density at radius 3 is 2.35 bits per heavy atom. The molecule has 1 aliphatic heterocycles. The summed E-state index contributed by atoms with van der Waals surface area (Å²) in [5.74, 6) is 0. The molecule has 0 aromatic rings. The van der Waals surface area contributed by atoms with Crippen LogP contribution >= 0.6 is 0 Å². The molecule has 0 unspecified atom stereocenters. The zero-order valence-corrected chi connectivity index (χ0v) is 12.5. The Labute approximate surface area is 121 Å². The van der Waals surface area contributed by atoms with Crippen LogP contribution in [-0.2, 0) is 9.47 Å². The quantitative estimate of drug-likeness (QED) is 0.528. The van der Waals surface area contributed by atoms with Gasteiger partial charge in [0.2, 0.25) is 0 Å². The lowest BCUT2D eigenvalue weighted by atomic mass is 10.0. The summed E-state index contributed by atoms with van der Waals surface area (Å²) in [6.07, 6.45) is 5.30. The zero-order chi connectivity index (χ0) is 14.8. The minimum atomic E-state index is -0.965. The summed E-state index contributed by atoms with van der Waals surface area (Å²) in [7, 11) is 0. The van der Waals surface area contributed by atoms with Crippen molar-refractivity contribution in [1.29, 1.82) is 0 Å². The van der Waals surface area contributed by atoms with E-state index in [0.717, 1.165) is 12.8 Å². The molecule has 1 fully saturated rings. The second-order valence-electron chi connectivity index (χ2n) is 5.57. The standard InChI is InChI=1S/C15H30O5/c1-2-3-4-5-6-7-8-9-19-15-12(17)11-20-13(10-16)14(15)18/h12-18H,2-11H2,1H3/t12-,13+,14+,15+/m1/s1.